The molecule has 0 radical (unpaired) electrons. The Kier molecular flexibility index (Phi) is 5.21. The average molecular weight is 389 g/mol. The monoisotopic (exact) mass is 388 g/mol. The molecule has 0 atom stereocenters. The molecule has 0 aliphatic rings. The van der Waals surface area contributed by atoms with E-state index in [0.29, 0.717) is 17.6 Å². The summed E-state index contributed by atoms with van der Waals surface area (Å²) in [6.07, 6.45) is 0. The molecule has 0 aliphatic carbocycles. The molecule has 4 nitrogen and oxygen atoms in total. The van der Waals surface area contributed by atoms with Crippen LogP contribution in [0.25, 0.3) is 0 Å². The number of rotatable bonds is 5. The zero-order chi connectivity index (χ0) is 15.6. The molecule has 21 heavy (non-hydrogen) atoms. The van der Waals surface area contributed by atoms with E-state index in [9.17, 15) is 8.42 Å². The smallest absolute Gasteiger partial charge is 0.242 e. The van der Waals surface area contributed by atoms with E-state index in [0.717, 1.165) is 10.4 Å². The summed E-state index contributed by atoms with van der Waals surface area (Å²) in [6, 6.07) is 7.11. The normalized spacial score (nSPS) is 11.8. The summed E-state index contributed by atoms with van der Waals surface area (Å²) in [5.74, 6) is 0. The molecule has 3 N–H and O–H groups in total. The molecule has 7 heteroatoms. The third kappa shape index (κ3) is 3.92. The van der Waals surface area contributed by atoms with Gasteiger partial charge in [-0.1, -0.05) is 6.07 Å². The Balaban J connectivity index is 2.22. The minimum Gasteiger partial charge on any atom is -0.326 e. The van der Waals surface area contributed by atoms with Gasteiger partial charge in [-0.2, -0.15) is 0 Å². The van der Waals surface area contributed by atoms with E-state index in [-0.39, 0.29) is 4.90 Å². The number of nitrogens with two attached hydrogens (primary N) is 1. The van der Waals surface area contributed by atoms with E-state index in [4.69, 9.17) is 5.73 Å². The lowest BCUT2D eigenvalue weighted by Gasteiger charge is -2.09. The summed E-state index contributed by atoms with van der Waals surface area (Å²) in [6.45, 7) is 4.64. The highest BCUT2D eigenvalue weighted by atomic mass is 79.9. The van der Waals surface area contributed by atoms with Crippen molar-refractivity contribution in [2.75, 3.05) is 0 Å². The molecule has 2 aromatic rings. The van der Waals surface area contributed by atoms with E-state index >= 15 is 0 Å². The molecule has 1 heterocycles. The summed E-state index contributed by atoms with van der Waals surface area (Å²) >= 11 is 4.88. The molecule has 0 amide bonds. The minimum atomic E-state index is -3.57. The number of sulfonamides is 1. The number of aryl methyl sites for hydroxylation is 2. The number of hydrogen-bond donors (Lipinski definition) is 2. The number of hydrogen-bond acceptors (Lipinski definition) is 4. The second-order valence-electron chi connectivity index (χ2n) is 4.75. The zero-order valence-corrected chi connectivity index (χ0v) is 15.0. The van der Waals surface area contributed by atoms with Gasteiger partial charge in [-0.15, -0.1) is 11.3 Å². The number of thiophene rings is 1. The molecule has 1 aromatic carbocycles. The first-order valence-corrected chi connectivity index (χ1v) is 9.47. The standard InChI is InChI=1S/C14H17BrN2O2S2/c1-9-5-12(20-10(9)2)8-17-21(18,19)14-6-11(7-16)3-4-13(14)15/h3-6,17H,7-8,16H2,1-2H3. The van der Waals surface area contributed by atoms with Crippen LogP contribution in [0.2, 0.25) is 0 Å². The van der Waals surface area contributed by atoms with Crippen molar-refractivity contribution < 1.29 is 8.42 Å². The highest BCUT2D eigenvalue weighted by Gasteiger charge is 2.18. The minimum absolute atomic E-state index is 0.218. The maximum absolute atomic E-state index is 12.4. The van der Waals surface area contributed by atoms with Crippen LogP contribution >= 0.6 is 27.3 Å². The first kappa shape index (κ1) is 16.6. The molecule has 0 unspecified atom stereocenters. The third-order valence-corrected chi connectivity index (χ3v) is 6.72. The number of benzene rings is 1. The highest BCUT2D eigenvalue weighted by molar-refractivity contribution is 9.10. The first-order chi connectivity index (χ1) is 9.83. The topological polar surface area (TPSA) is 72.2 Å². The van der Waals surface area contributed by atoms with Crippen LogP contribution in [0, 0.1) is 13.8 Å². The van der Waals surface area contributed by atoms with E-state index in [1.165, 1.54) is 10.4 Å². The van der Waals surface area contributed by atoms with Gasteiger partial charge >= 0.3 is 0 Å². The molecule has 0 spiro atoms. The van der Waals surface area contributed by atoms with Crippen LogP contribution < -0.4 is 10.5 Å². The SMILES string of the molecule is Cc1cc(CNS(=O)(=O)c2cc(CN)ccc2Br)sc1C. The van der Waals surface area contributed by atoms with Crippen LogP contribution in [0.4, 0.5) is 0 Å². The van der Waals surface area contributed by atoms with Crippen molar-refractivity contribution in [3.8, 4) is 0 Å². The predicted octanol–water partition coefficient (Wildman–Crippen LogP) is 3.06. The van der Waals surface area contributed by atoms with Crippen molar-refractivity contribution in [2.45, 2.75) is 31.8 Å². The highest BCUT2D eigenvalue weighted by Crippen LogP contribution is 2.24. The van der Waals surface area contributed by atoms with Crippen molar-refractivity contribution in [3.05, 3.63) is 49.6 Å². The lowest BCUT2D eigenvalue weighted by atomic mass is 10.2. The van der Waals surface area contributed by atoms with Crippen molar-refractivity contribution in [2.24, 2.45) is 5.73 Å². The molecule has 0 bridgehead atoms. The molecule has 0 saturated carbocycles. The average Bonchev–Trinajstić information content (AvgIpc) is 2.76. The van der Waals surface area contributed by atoms with Gasteiger partial charge in [0.2, 0.25) is 10.0 Å². The maximum Gasteiger partial charge on any atom is 0.242 e. The van der Waals surface area contributed by atoms with E-state index < -0.39 is 10.0 Å². The Morgan fingerprint density at radius 3 is 2.57 bits per heavy atom. The number of nitrogens with one attached hydrogen (secondary N) is 1. The molecular weight excluding hydrogens is 372 g/mol. The van der Waals surface area contributed by atoms with Crippen LogP contribution in [-0.2, 0) is 23.1 Å². The van der Waals surface area contributed by atoms with Crippen LogP contribution in [0.1, 0.15) is 20.9 Å². The Bertz CT molecular complexity index is 735. The van der Waals surface area contributed by atoms with Gasteiger partial charge in [0.15, 0.2) is 0 Å². The Morgan fingerprint density at radius 1 is 1.29 bits per heavy atom. The fraction of sp³-hybridized carbons (Fsp3) is 0.286. The van der Waals surface area contributed by atoms with Gasteiger partial charge in [-0.3, -0.25) is 0 Å². The summed E-state index contributed by atoms with van der Waals surface area (Å²) < 4.78 is 28.0. The third-order valence-electron chi connectivity index (χ3n) is 3.17. The lowest BCUT2D eigenvalue weighted by Crippen LogP contribution is -2.23. The molecule has 2 rings (SSSR count). The van der Waals surface area contributed by atoms with E-state index in [1.807, 2.05) is 19.9 Å². The summed E-state index contributed by atoms with van der Waals surface area (Å²) in [4.78, 5) is 2.42. The summed E-state index contributed by atoms with van der Waals surface area (Å²) in [5, 5.41) is 0. The second-order valence-corrected chi connectivity index (χ2v) is 8.68. The Hall–Kier alpha value is -0.730. The molecule has 1 aromatic heterocycles. The van der Waals surface area contributed by atoms with Gasteiger partial charge in [0.25, 0.3) is 0 Å². The summed E-state index contributed by atoms with van der Waals surface area (Å²) in [7, 11) is -3.57. The Morgan fingerprint density at radius 2 is 2.00 bits per heavy atom. The van der Waals surface area contributed by atoms with Gasteiger partial charge in [0.1, 0.15) is 0 Å². The predicted molar refractivity (Wildman–Crippen MR) is 89.9 cm³/mol. The van der Waals surface area contributed by atoms with Crippen molar-refractivity contribution in [1.29, 1.82) is 0 Å². The van der Waals surface area contributed by atoms with Crippen LogP contribution in [-0.4, -0.2) is 8.42 Å². The van der Waals surface area contributed by atoms with Gasteiger partial charge < -0.3 is 5.73 Å². The molecular formula is C14H17BrN2O2S2. The van der Waals surface area contributed by atoms with Crippen molar-refractivity contribution in [3.63, 3.8) is 0 Å². The van der Waals surface area contributed by atoms with Crippen LogP contribution in [0.5, 0.6) is 0 Å². The van der Waals surface area contributed by atoms with E-state index in [2.05, 4.69) is 20.7 Å². The van der Waals surface area contributed by atoms with Gasteiger partial charge in [-0.25, -0.2) is 13.1 Å². The zero-order valence-electron chi connectivity index (χ0n) is 11.8. The molecule has 0 aliphatic heterocycles. The number of halogens is 1. The van der Waals surface area contributed by atoms with Gasteiger partial charge in [0, 0.05) is 27.3 Å². The summed E-state index contributed by atoms with van der Waals surface area (Å²) in [5.41, 5.74) is 7.53. The molecule has 0 saturated heterocycles. The quantitative estimate of drug-likeness (QED) is 0.826. The fourth-order valence-corrected chi connectivity index (χ4v) is 4.96. The lowest BCUT2D eigenvalue weighted by molar-refractivity contribution is 0.581. The molecule has 0 fully saturated rings. The van der Waals surface area contributed by atoms with Gasteiger partial charge in [0.05, 0.1) is 4.90 Å². The van der Waals surface area contributed by atoms with Crippen molar-refractivity contribution >= 4 is 37.3 Å². The largest absolute Gasteiger partial charge is 0.326 e. The Labute approximate surface area is 137 Å². The maximum atomic E-state index is 12.4. The fourth-order valence-electron chi connectivity index (χ4n) is 1.86. The van der Waals surface area contributed by atoms with Gasteiger partial charge in [-0.05, 0) is 59.1 Å². The van der Waals surface area contributed by atoms with Crippen LogP contribution in [0.3, 0.4) is 0 Å². The van der Waals surface area contributed by atoms with Crippen molar-refractivity contribution in [1.82, 2.24) is 4.72 Å². The van der Waals surface area contributed by atoms with Crippen LogP contribution in [0.15, 0.2) is 33.6 Å². The second kappa shape index (κ2) is 6.58. The first-order valence-electron chi connectivity index (χ1n) is 6.37. The molecule has 114 valence electrons. The van der Waals surface area contributed by atoms with E-state index in [1.54, 1.807) is 29.5 Å².